The summed E-state index contributed by atoms with van der Waals surface area (Å²) in [5.74, 6) is -0.185. The van der Waals surface area contributed by atoms with Crippen molar-refractivity contribution in [2.75, 3.05) is 11.9 Å². The number of carbonyl (C=O) groups excluding carboxylic acids is 1. The molecule has 1 aliphatic rings. The Labute approximate surface area is 138 Å². The smallest absolute Gasteiger partial charge is 0.282 e. The average molecular weight is 330 g/mol. The van der Waals surface area contributed by atoms with Gasteiger partial charge in [-0.2, -0.15) is 0 Å². The van der Waals surface area contributed by atoms with Crippen molar-refractivity contribution < 1.29 is 9.53 Å². The molecule has 0 saturated carbocycles. The maximum Gasteiger partial charge on any atom is 0.282 e. The highest BCUT2D eigenvalue weighted by Crippen LogP contribution is 2.16. The molecule has 0 fully saturated rings. The number of aryl methyl sites for hydroxylation is 2. The van der Waals surface area contributed by atoms with Gasteiger partial charge in [-0.1, -0.05) is 12.1 Å². The third-order valence-electron chi connectivity index (χ3n) is 3.56. The molecule has 2 aromatic rings. The van der Waals surface area contributed by atoms with Crippen LogP contribution in [0.3, 0.4) is 0 Å². The first-order chi connectivity index (χ1) is 11.1. The quantitative estimate of drug-likeness (QED) is 0.880. The number of amidine groups is 1. The van der Waals surface area contributed by atoms with E-state index in [0.29, 0.717) is 12.3 Å². The predicted molar refractivity (Wildman–Crippen MR) is 90.9 cm³/mol. The number of benzene rings is 1. The summed E-state index contributed by atoms with van der Waals surface area (Å²) in [6, 6.07) is 8.23. The SMILES string of the molecule is Cc1nc(C(=O)Nc2ccc(CCC3COC(N)=N3)cc2)cs1. The lowest BCUT2D eigenvalue weighted by atomic mass is 10.1. The molecule has 0 spiro atoms. The molecule has 1 atom stereocenters. The number of ether oxygens (including phenoxy) is 1. The number of anilines is 1. The number of aliphatic imine (C=N–C) groups is 1. The second-order valence-electron chi connectivity index (χ2n) is 5.37. The molecule has 120 valence electrons. The molecule has 3 N–H and O–H groups in total. The second-order valence-corrected chi connectivity index (χ2v) is 6.44. The summed E-state index contributed by atoms with van der Waals surface area (Å²) < 4.78 is 5.14. The van der Waals surface area contributed by atoms with E-state index in [1.165, 1.54) is 16.9 Å². The maximum absolute atomic E-state index is 12.0. The van der Waals surface area contributed by atoms with Gasteiger partial charge in [0.15, 0.2) is 0 Å². The lowest BCUT2D eigenvalue weighted by Gasteiger charge is -2.07. The molecule has 1 aromatic heterocycles. The largest absolute Gasteiger partial charge is 0.463 e. The van der Waals surface area contributed by atoms with Gasteiger partial charge in [0.2, 0.25) is 0 Å². The average Bonchev–Trinajstić information content (AvgIpc) is 3.15. The van der Waals surface area contributed by atoms with E-state index in [0.717, 1.165) is 23.5 Å². The van der Waals surface area contributed by atoms with E-state index >= 15 is 0 Å². The first-order valence-corrected chi connectivity index (χ1v) is 8.26. The standard InChI is InChI=1S/C16H18N4O2S/c1-10-18-14(9-23-10)15(21)19-12-5-2-11(3-6-12)4-7-13-8-22-16(17)20-13/h2-3,5-6,9,13H,4,7-8H2,1H3,(H2,17,20)(H,19,21). The Morgan fingerprint density at radius 2 is 2.22 bits per heavy atom. The highest BCUT2D eigenvalue weighted by atomic mass is 32.1. The van der Waals surface area contributed by atoms with E-state index in [-0.39, 0.29) is 18.0 Å². The van der Waals surface area contributed by atoms with Crippen molar-refractivity contribution in [1.82, 2.24) is 4.98 Å². The molecule has 1 unspecified atom stereocenters. The monoisotopic (exact) mass is 330 g/mol. The molecule has 0 aliphatic carbocycles. The van der Waals surface area contributed by atoms with E-state index in [1.807, 2.05) is 31.2 Å². The molecule has 0 bridgehead atoms. The number of hydrogen-bond donors (Lipinski definition) is 2. The topological polar surface area (TPSA) is 89.6 Å². The van der Waals surface area contributed by atoms with Crippen molar-refractivity contribution in [3.8, 4) is 0 Å². The van der Waals surface area contributed by atoms with Gasteiger partial charge in [-0.3, -0.25) is 4.79 Å². The molecular weight excluding hydrogens is 312 g/mol. The normalized spacial score (nSPS) is 16.7. The molecule has 1 aromatic carbocycles. The van der Waals surface area contributed by atoms with Gasteiger partial charge >= 0.3 is 0 Å². The molecular formula is C16H18N4O2S. The van der Waals surface area contributed by atoms with Crippen LogP contribution in [-0.4, -0.2) is 29.6 Å². The van der Waals surface area contributed by atoms with Crippen molar-refractivity contribution in [2.45, 2.75) is 25.8 Å². The van der Waals surface area contributed by atoms with Gasteiger partial charge in [0.1, 0.15) is 12.3 Å². The predicted octanol–water partition coefficient (Wildman–Crippen LogP) is 2.35. The Kier molecular flexibility index (Phi) is 4.57. The molecule has 23 heavy (non-hydrogen) atoms. The summed E-state index contributed by atoms with van der Waals surface area (Å²) in [4.78, 5) is 20.4. The summed E-state index contributed by atoms with van der Waals surface area (Å²) in [5, 5.41) is 5.49. The van der Waals surface area contributed by atoms with Crippen LogP contribution in [0.2, 0.25) is 0 Å². The lowest BCUT2D eigenvalue weighted by molar-refractivity contribution is 0.102. The highest BCUT2D eigenvalue weighted by Gasteiger charge is 2.16. The third kappa shape index (κ3) is 4.07. The van der Waals surface area contributed by atoms with Crippen molar-refractivity contribution in [1.29, 1.82) is 0 Å². The van der Waals surface area contributed by atoms with Gasteiger partial charge in [0, 0.05) is 11.1 Å². The third-order valence-corrected chi connectivity index (χ3v) is 4.34. The van der Waals surface area contributed by atoms with Gasteiger partial charge in [0.25, 0.3) is 11.9 Å². The number of nitrogens with zero attached hydrogens (tertiary/aromatic N) is 2. The molecule has 3 rings (SSSR count). The van der Waals surface area contributed by atoms with Crippen LogP contribution in [0.1, 0.15) is 27.5 Å². The Balaban J connectivity index is 1.53. The first-order valence-electron chi connectivity index (χ1n) is 7.38. The van der Waals surface area contributed by atoms with Crippen LogP contribution in [0.4, 0.5) is 5.69 Å². The Hall–Kier alpha value is -2.41. The van der Waals surface area contributed by atoms with Crippen LogP contribution >= 0.6 is 11.3 Å². The van der Waals surface area contributed by atoms with E-state index < -0.39 is 0 Å². The number of rotatable bonds is 5. The fourth-order valence-corrected chi connectivity index (χ4v) is 2.93. The summed E-state index contributed by atoms with van der Waals surface area (Å²) in [7, 11) is 0. The zero-order valence-corrected chi connectivity index (χ0v) is 13.6. The zero-order valence-electron chi connectivity index (χ0n) is 12.8. The number of nitrogens with one attached hydrogen (secondary N) is 1. The Morgan fingerprint density at radius 1 is 1.43 bits per heavy atom. The van der Waals surface area contributed by atoms with Crippen molar-refractivity contribution in [3.05, 3.63) is 45.9 Å². The molecule has 7 heteroatoms. The summed E-state index contributed by atoms with van der Waals surface area (Å²) in [6.07, 6.45) is 1.79. The van der Waals surface area contributed by atoms with Crippen LogP contribution in [0.25, 0.3) is 0 Å². The van der Waals surface area contributed by atoms with Crippen molar-refractivity contribution >= 4 is 29.0 Å². The van der Waals surface area contributed by atoms with Crippen LogP contribution < -0.4 is 11.1 Å². The fourth-order valence-electron chi connectivity index (χ4n) is 2.33. The van der Waals surface area contributed by atoms with Crippen LogP contribution in [0.5, 0.6) is 0 Å². The zero-order chi connectivity index (χ0) is 16.2. The number of amides is 1. The summed E-state index contributed by atoms with van der Waals surface area (Å²) in [6.45, 7) is 2.44. The Bertz CT molecular complexity index is 724. The lowest BCUT2D eigenvalue weighted by Crippen LogP contribution is -2.12. The molecule has 0 radical (unpaired) electrons. The molecule has 2 heterocycles. The van der Waals surface area contributed by atoms with Crippen molar-refractivity contribution in [3.63, 3.8) is 0 Å². The molecule has 1 aliphatic heterocycles. The van der Waals surface area contributed by atoms with E-state index in [1.54, 1.807) is 5.38 Å². The van der Waals surface area contributed by atoms with Gasteiger partial charge in [-0.05, 0) is 37.5 Å². The number of aromatic nitrogens is 1. The van der Waals surface area contributed by atoms with Crippen molar-refractivity contribution in [2.24, 2.45) is 10.7 Å². The Morgan fingerprint density at radius 3 is 2.83 bits per heavy atom. The number of thiazole rings is 1. The molecule has 6 nitrogen and oxygen atoms in total. The van der Waals surface area contributed by atoms with Crippen LogP contribution in [-0.2, 0) is 11.2 Å². The summed E-state index contributed by atoms with van der Waals surface area (Å²) in [5.41, 5.74) is 7.89. The highest BCUT2D eigenvalue weighted by molar-refractivity contribution is 7.09. The van der Waals surface area contributed by atoms with E-state index in [4.69, 9.17) is 10.5 Å². The minimum absolute atomic E-state index is 0.141. The summed E-state index contributed by atoms with van der Waals surface area (Å²) >= 11 is 1.46. The fraction of sp³-hybridized carbons (Fsp3) is 0.312. The van der Waals surface area contributed by atoms with Gasteiger partial charge < -0.3 is 15.8 Å². The first kappa shape index (κ1) is 15.5. The number of carbonyl (C=O) groups is 1. The molecule has 1 amide bonds. The van der Waals surface area contributed by atoms with Crippen LogP contribution in [0, 0.1) is 6.92 Å². The minimum Gasteiger partial charge on any atom is -0.463 e. The number of nitrogens with two attached hydrogens (primary N) is 1. The molecule has 0 saturated heterocycles. The van der Waals surface area contributed by atoms with Gasteiger partial charge in [-0.25, -0.2) is 9.98 Å². The van der Waals surface area contributed by atoms with Gasteiger partial charge in [0.05, 0.1) is 11.0 Å². The maximum atomic E-state index is 12.0. The van der Waals surface area contributed by atoms with E-state index in [2.05, 4.69) is 15.3 Å². The minimum atomic E-state index is -0.185. The van der Waals surface area contributed by atoms with Crippen LogP contribution in [0.15, 0.2) is 34.6 Å². The van der Waals surface area contributed by atoms with Gasteiger partial charge in [-0.15, -0.1) is 11.3 Å². The second kappa shape index (κ2) is 6.78. The van der Waals surface area contributed by atoms with E-state index in [9.17, 15) is 4.79 Å². The number of hydrogen-bond acceptors (Lipinski definition) is 6.